The topological polar surface area (TPSA) is 68.3 Å². The average molecular weight is 418 g/mol. The van der Waals surface area contributed by atoms with Crippen LogP contribution in [0.4, 0.5) is 10.2 Å². The van der Waals surface area contributed by atoms with E-state index in [-0.39, 0.29) is 11.4 Å². The molecule has 3 aromatic heterocycles. The van der Waals surface area contributed by atoms with E-state index in [1.54, 1.807) is 29.1 Å². The van der Waals surface area contributed by atoms with Gasteiger partial charge in [0.15, 0.2) is 5.65 Å². The molecule has 1 aromatic carbocycles. The number of aromatic nitrogens is 5. The molecule has 4 heterocycles. The summed E-state index contributed by atoms with van der Waals surface area (Å²) >= 11 is 0. The highest BCUT2D eigenvalue weighted by atomic mass is 19.1. The second-order valence-electron chi connectivity index (χ2n) is 8.03. The van der Waals surface area contributed by atoms with Crippen LogP contribution in [0.25, 0.3) is 16.9 Å². The molecule has 0 saturated carbocycles. The van der Waals surface area contributed by atoms with Gasteiger partial charge in [-0.3, -0.25) is 4.79 Å². The maximum atomic E-state index is 13.2. The summed E-state index contributed by atoms with van der Waals surface area (Å²) < 4.78 is 16.6. The van der Waals surface area contributed by atoms with E-state index >= 15 is 0 Å². The minimum Gasteiger partial charge on any atom is -0.356 e. The lowest BCUT2D eigenvalue weighted by Gasteiger charge is -2.33. The van der Waals surface area contributed by atoms with Gasteiger partial charge in [-0.2, -0.15) is 14.7 Å². The largest absolute Gasteiger partial charge is 0.356 e. The molecule has 1 saturated heterocycles. The molecule has 31 heavy (non-hydrogen) atoms. The lowest BCUT2D eigenvalue weighted by molar-refractivity contribution is 0.334. The van der Waals surface area contributed by atoms with Gasteiger partial charge in [0.05, 0.1) is 11.9 Å². The van der Waals surface area contributed by atoms with Gasteiger partial charge in [-0.15, -0.1) is 0 Å². The number of aryl methyl sites for hydroxylation is 1. The van der Waals surface area contributed by atoms with Gasteiger partial charge >= 0.3 is 0 Å². The van der Waals surface area contributed by atoms with Crippen LogP contribution in [0.2, 0.25) is 0 Å². The summed E-state index contributed by atoms with van der Waals surface area (Å²) in [5.41, 5.74) is 3.17. The van der Waals surface area contributed by atoms with Gasteiger partial charge in [-0.05, 0) is 56.0 Å². The lowest BCUT2D eigenvalue weighted by atomic mass is 9.97. The third kappa shape index (κ3) is 3.93. The molecule has 0 spiro atoms. The minimum absolute atomic E-state index is 0.115. The summed E-state index contributed by atoms with van der Waals surface area (Å²) in [6.45, 7) is 4.34. The van der Waals surface area contributed by atoms with Crippen LogP contribution in [0.3, 0.4) is 0 Å². The SMILES string of the molecule is Cc1cc(N2CCC(Cn3nc(-c4ccc(F)cc4)ccc3=O)CC2)n2nccc2n1. The minimum atomic E-state index is -0.291. The third-order valence-electron chi connectivity index (χ3n) is 5.84. The fourth-order valence-electron chi connectivity index (χ4n) is 4.19. The van der Waals surface area contributed by atoms with Crippen molar-refractivity contribution in [2.75, 3.05) is 18.0 Å². The van der Waals surface area contributed by atoms with Crippen LogP contribution in [-0.4, -0.2) is 37.5 Å². The van der Waals surface area contributed by atoms with Crippen LogP contribution in [0, 0.1) is 18.7 Å². The van der Waals surface area contributed by atoms with Crippen LogP contribution in [0.1, 0.15) is 18.5 Å². The van der Waals surface area contributed by atoms with E-state index < -0.39 is 0 Å². The predicted octanol–water partition coefficient (Wildman–Crippen LogP) is 3.32. The van der Waals surface area contributed by atoms with Crippen molar-refractivity contribution < 1.29 is 4.39 Å². The number of hydrogen-bond donors (Lipinski definition) is 0. The summed E-state index contributed by atoms with van der Waals surface area (Å²) in [7, 11) is 0. The second-order valence-corrected chi connectivity index (χ2v) is 8.03. The van der Waals surface area contributed by atoms with Gasteiger partial charge in [0, 0.05) is 49.1 Å². The van der Waals surface area contributed by atoms with Crippen molar-refractivity contribution in [2.24, 2.45) is 5.92 Å². The summed E-state index contributed by atoms with van der Waals surface area (Å²) in [6, 6.07) is 13.4. The highest BCUT2D eigenvalue weighted by Crippen LogP contribution is 2.25. The number of fused-ring (bicyclic) bond motifs is 1. The first-order chi connectivity index (χ1) is 15.1. The van der Waals surface area contributed by atoms with Crippen LogP contribution in [-0.2, 0) is 6.54 Å². The molecule has 1 fully saturated rings. The zero-order chi connectivity index (χ0) is 21.4. The molecule has 7 nitrogen and oxygen atoms in total. The maximum absolute atomic E-state index is 13.2. The molecule has 1 aliphatic heterocycles. The van der Waals surface area contributed by atoms with Crippen molar-refractivity contribution in [3.8, 4) is 11.3 Å². The van der Waals surface area contributed by atoms with E-state index in [2.05, 4.69) is 26.1 Å². The van der Waals surface area contributed by atoms with Gasteiger partial charge in [-0.25, -0.2) is 14.1 Å². The lowest BCUT2D eigenvalue weighted by Crippen LogP contribution is -2.37. The van der Waals surface area contributed by atoms with Gasteiger partial charge in [-0.1, -0.05) is 0 Å². The first-order valence-corrected chi connectivity index (χ1v) is 10.5. The molecule has 0 radical (unpaired) electrons. The molecule has 0 amide bonds. The zero-order valence-corrected chi connectivity index (χ0v) is 17.3. The number of halogens is 1. The average Bonchev–Trinajstić information content (AvgIpc) is 3.24. The summed E-state index contributed by atoms with van der Waals surface area (Å²) in [5, 5.41) is 8.95. The normalized spacial score (nSPS) is 15.0. The molecule has 8 heteroatoms. The summed E-state index contributed by atoms with van der Waals surface area (Å²) in [4.78, 5) is 19.2. The van der Waals surface area contributed by atoms with Gasteiger partial charge in [0.2, 0.25) is 0 Å². The van der Waals surface area contributed by atoms with Gasteiger partial charge in [0.25, 0.3) is 5.56 Å². The molecule has 5 rings (SSSR count). The number of hydrogen-bond acceptors (Lipinski definition) is 5. The standard InChI is InChI=1S/C23H23FN6O/c1-16-14-22(30-21(26-16)8-11-25-30)28-12-9-17(10-13-28)15-29-23(31)7-6-20(27-29)18-2-4-19(24)5-3-18/h2-8,11,14,17H,9-10,12-13,15H2,1H3. The molecule has 0 bridgehead atoms. The van der Waals surface area contributed by atoms with Crippen molar-refractivity contribution >= 4 is 11.5 Å². The molecule has 0 aliphatic carbocycles. The van der Waals surface area contributed by atoms with Crippen molar-refractivity contribution in [3.63, 3.8) is 0 Å². The number of rotatable bonds is 4. The van der Waals surface area contributed by atoms with Crippen LogP contribution in [0.5, 0.6) is 0 Å². The predicted molar refractivity (Wildman–Crippen MR) is 117 cm³/mol. The number of benzene rings is 1. The molecular formula is C23H23FN6O. The fourth-order valence-corrected chi connectivity index (χ4v) is 4.19. The van der Waals surface area contributed by atoms with E-state index in [9.17, 15) is 9.18 Å². The Morgan fingerprint density at radius 1 is 1.06 bits per heavy atom. The Morgan fingerprint density at radius 2 is 1.84 bits per heavy atom. The first kappa shape index (κ1) is 19.4. The molecule has 158 valence electrons. The number of nitrogens with zero attached hydrogens (tertiary/aromatic N) is 6. The highest BCUT2D eigenvalue weighted by Gasteiger charge is 2.23. The Labute approximate surface area is 178 Å². The maximum Gasteiger partial charge on any atom is 0.266 e. The van der Waals surface area contributed by atoms with E-state index in [0.29, 0.717) is 18.2 Å². The molecule has 0 atom stereocenters. The van der Waals surface area contributed by atoms with Crippen molar-refractivity contribution in [1.82, 2.24) is 24.4 Å². The molecule has 1 aliphatic rings. The first-order valence-electron chi connectivity index (χ1n) is 10.5. The van der Waals surface area contributed by atoms with Crippen molar-refractivity contribution in [2.45, 2.75) is 26.3 Å². The van der Waals surface area contributed by atoms with Crippen LogP contribution >= 0.6 is 0 Å². The smallest absolute Gasteiger partial charge is 0.266 e. The van der Waals surface area contributed by atoms with Gasteiger partial charge < -0.3 is 4.90 Å². The van der Waals surface area contributed by atoms with Crippen molar-refractivity contribution in [3.05, 3.63) is 76.6 Å². The Bertz CT molecular complexity index is 1270. The molecule has 0 N–H and O–H groups in total. The van der Waals surface area contributed by atoms with E-state index in [1.807, 2.05) is 17.5 Å². The second kappa shape index (κ2) is 7.94. The van der Waals surface area contributed by atoms with E-state index in [4.69, 9.17) is 0 Å². The molecule has 4 aromatic rings. The summed E-state index contributed by atoms with van der Waals surface area (Å²) in [6.07, 6.45) is 3.68. The number of piperidine rings is 1. The number of anilines is 1. The van der Waals surface area contributed by atoms with Crippen LogP contribution in [0.15, 0.2) is 59.5 Å². The van der Waals surface area contributed by atoms with Crippen LogP contribution < -0.4 is 10.5 Å². The van der Waals surface area contributed by atoms with Crippen molar-refractivity contribution in [1.29, 1.82) is 0 Å². The zero-order valence-electron chi connectivity index (χ0n) is 17.3. The monoisotopic (exact) mass is 418 g/mol. The fraction of sp³-hybridized carbons (Fsp3) is 0.304. The Balaban J connectivity index is 1.30. The van der Waals surface area contributed by atoms with Gasteiger partial charge in [0.1, 0.15) is 11.6 Å². The van der Waals surface area contributed by atoms with E-state index in [1.165, 1.54) is 18.2 Å². The quantitative estimate of drug-likeness (QED) is 0.509. The Kier molecular flexibility index (Phi) is 4.97. The highest BCUT2D eigenvalue weighted by molar-refractivity contribution is 5.58. The molecule has 0 unspecified atom stereocenters. The van der Waals surface area contributed by atoms with E-state index in [0.717, 1.165) is 48.7 Å². The summed E-state index contributed by atoms with van der Waals surface area (Å²) in [5.74, 6) is 1.13. The molecular weight excluding hydrogens is 395 g/mol. The third-order valence-corrected chi connectivity index (χ3v) is 5.84. The Morgan fingerprint density at radius 3 is 2.61 bits per heavy atom. The Hall–Kier alpha value is -3.55.